The minimum atomic E-state index is -3.97. The first kappa shape index (κ1) is 25.2. The molecule has 0 spiro atoms. The van der Waals surface area contributed by atoms with E-state index in [2.05, 4.69) is 15.3 Å². The van der Waals surface area contributed by atoms with E-state index in [0.717, 1.165) is 0 Å². The maximum atomic E-state index is 13.1. The number of aromatic nitrogens is 2. The van der Waals surface area contributed by atoms with Gasteiger partial charge in [-0.25, -0.2) is 9.97 Å². The lowest BCUT2D eigenvalue weighted by molar-refractivity contribution is 0.0636. The van der Waals surface area contributed by atoms with Crippen molar-refractivity contribution in [1.82, 2.24) is 14.7 Å². The first-order valence-electron chi connectivity index (χ1n) is 10.6. The molecule has 0 unspecified atom stereocenters. The molecule has 0 aliphatic heterocycles. The average Bonchev–Trinajstić information content (AvgIpc) is 3.45. The lowest BCUT2D eigenvalue weighted by atomic mass is 10.0. The van der Waals surface area contributed by atoms with E-state index in [4.69, 9.17) is 20.2 Å². The molecule has 4 rings (SSSR count). The van der Waals surface area contributed by atoms with Crippen LogP contribution in [0.25, 0.3) is 0 Å². The number of hydrogen-bond acceptors (Lipinski definition) is 10. The molecular formula is C22H23ClN4O7S. The van der Waals surface area contributed by atoms with Crippen LogP contribution in [0.5, 0.6) is 0 Å². The number of rotatable bonds is 9. The predicted octanol–water partition coefficient (Wildman–Crippen LogP) is 1.82. The summed E-state index contributed by atoms with van der Waals surface area (Å²) in [4.78, 5) is 21.2. The summed E-state index contributed by atoms with van der Waals surface area (Å²) in [5, 5.41) is 24.4. The van der Waals surface area contributed by atoms with Gasteiger partial charge in [-0.1, -0.05) is 23.7 Å². The highest BCUT2D eigenvalue weighted by Crippen LogP contribution is 2.29. The van der Waals surface area contributed by atoms with Gasteiger partial charge >= 0.3 is 10.3 Å². The van der Waals surface area contributed by atoms with Crippen LogP contribution in [0.1, 0.15) is 46.2 Å². The Hall–Kier alpha value is -2.87. The van der Waals surface area contributed by atoms with Crippen molar-refractivity contribution in [2.45, 2.75) is 37.2 Å². The van der Waals surface area contributed by atoms with E-state index in [0.29, 0.717) is 16.1 Å². The molecule has 2 aromatic heterocycles. The fraction of sp³-hybridized carbons (Fsp3) is 0.318. The number of aliphatic hydroxyl groups is 2. The number of ketones is 1. The molecule has 1 saturated carbocycles. The smallest absolute Gasteiger partial charge is 0.335 e. The van der Waals surface area contributed by atoms with Gasteiger partial charge < -0.3 is 19.9 Å². The number of hydrogen-bond donors (Lipinski definition) is 4. The molecule has 1 aliphatic carbocycles. The molecule has 0 radical (unpaired) electrons. The summed E-state index contributed by atoms with van der Waals surface area (Å²) in [5.74, 6) is -0.374. The molecule has 3 aromatic rings. The van der Waals surface area contributed by atoms with Crippen molar-refractivity contribution in [3.8, 4) is 0 Å². The van der Waals surface area contributed by atoms with E-state index in [-0.39, 0.29) is 30.0 Å². The summed E-state index contributed by atoms with van der Waals surface area (Å²) in [6.45, 7) is 0. The minimum Gasteiger partial charge on any atom is -0.460 e. The summed E-state index contributed by atoms with van der Waals surface area (Å²) in [5.41, 5.74) is 1.01. The van der Waals surface area contributed by atoms with Crippen LogP contribution < -0.4 is 10.0 Å². The first-order valence-corrected chi connectivity index (χ1v) is 12.4. The molecule has 4 N–H and O–H groups in total. The van der Waals surface area contributed by atoms with Crippen LogP contribution in [0.4, 0.5) is 5.82 Å². The lowest BCUT2D eigenvalue weighted by Crippen LogP contribution is -2.31. The molecule has 13 heteroatoms. The standard InChI is InChI=1S/C22H23ClN4O7S/c1-24-35(31,32)34-18-8-15(7-17(18)28)27-22-16(9-25-11-26-22)21(30)19-6-13(10-33-19)20(29)12-3-2-4-14(23)5-12/h2-6,9-11,15,17-18,20,24,28-29H,7-8H2,1H3,(H,25,26,27)/t15-,17+,18-,20+/m1/s1. The number of nitrogens with one attached hydrogen (secondary N) is 2. The third kappa shape index (κ3) is 5.86. The second kappa shape index (κ2) is 10.4. The highest BCUT2D eigenvalue weighted by atomic mass is 35.5. The van der Waals surface area contributed by atoms with Gasteiger partial charge in [0.1, 0.15) is 24.4 Å². The summed E-state index contributed by atoms with van der Waals surface area (Å²) in [7, 11) is -2.77. The van der Waals surface area contributed by atoms with Gasteiger partial charge in [0.15, 0.2) is 5.76 Å². The Balaban J connectivity index is 1.49. The van der Waals surface area contributed by atoms with E-state index in [1.54, 1.807) is 24.3 Å². The van der Waals surface area contributed by atoms with E-state index in [9.17, 15) is 23.4 Å². The van der Waals surface area contributed by atoms with Crippen LogP contribution in [0.3, 0.4) is 0 Å². The average molecular weight is 523 g/mol. The molecule has 2 heterocycles. The zero-order valence-corrected chi connectivity index (χ0v) is 20.0. The Morgan fingerprint density at radius 3 is 2.83 bits per heavy atom. The van der Waals surface area contributed by atoms with Gasteiger partial charge in [0, 0.05) is 29.9 Å². The third-order valence-corrected chi connectivity index (χ3v) is 6.83. The van der Waals surface area contributed by atoms with Crippen LogP contribution in [0.15, 0.2) is 53.5 Å². The molecule has 35 heavy (non-hydrogen) atoms. The quantitative estimate of drug-likeness (QED) is 0.305. The van der Waals surface area contributed by atoms with Gasteiger partial charge in [-0.2, -0.15) is 13.1 Å². The van der Waals surface area contributed by atoms with Gasteiger partial charge in [-0.3, -0.25) is 8.98 Å². The van der Waals surface area contributed by atoms with Gasteiger partial charge in [-0.15, -0.1) is 0 Å². The Kier molecular flexibility index (Phi) is 7.50. The van der Waals surface area contributed by atoms with E-state index in [1.165, 1.54) is 31.9 Å². The maximum absolute atomic E-state index is 13.1. The monoisotopic (exact) mass is 522 g/mol. The highest BCUT2D eigenvalue weighted by molar-refractivity contribution is 7.84. The van der Waals surface area contributed by atoms with Gasteiger partial charge in [0.25, 0.3) is 0 Å². The number of carbonyl (C=O) groups excluding carboxylic acids is 1. The van der Waals surface area contributed by atoms with Crippen LogP contribution in [-0.2, 0) is 14.5 Å². The van der Waals surface area contributed by atoms with Gasteiger partial charge in [0.2, 0.25) is 5.78 Å². The molecule has 4 atom stereocenters. The maximum Gasteiger partial charge on any atom is 0.335 e. The van der Waals surface area contributed by atoms with Crippen LogP contribution in [0.2, 0.25) is 5.02 Å². The normalized spacial score (nSPS) is 21.1. The predicted molar refractivity (Wildman–Crippen MR) is 125 cm³/mol. The number of benzene rings is 1. The van der Waals surface area contributed by atoms with E-state index in [1.807, 2.05) is 4.72 Å². The summed E-state index contributed by atoms with van der Waals surface area (Å²) < 4.78 is 35.7. The SMILES string of the molecule is CNS(=O)(=O)O[C@@H]1C[C@H](Nc2ncncc2C(=O)c2cc([C@@H](O)c3cccc(Cl)c3)co2)C[C@@H]1O. The van der Waals surface area contributed by atoms with Crippen LogP contribution in [0, 0.1) is 0 Å². The number of halogens is 1. The Bertz CT molecular complexity index is 1320. The zero-order valence-electron chi connectivity index (χ0n) is 18.5. The highest BCUT2D eigenvalue weighted by Gasteiger charge is 2.37. The second-order valence-electron chi connectivity index (χ2n) is 7.99. The van der Waals surface area contributed by atoms with Crippen molar-refractivity contribution in [2.24, 2.45) is 0 Å². The van der Waals surface area contributed by atoms with Crippen molar-refractivity contribution < 1.29 is 32.0 Å². The Morgan fingerprint density at radius 1 is 1.29 bits per heavy atom. The van der Waals surface area contributed by atoms with Crippen molar-refractivity contribution in [3.05, 3.63) is 76.6 Å². The van der Waals surface area contributed by atoms with Crippen molar-refractivity contribution in [1.29, 1.82) is 0 Å². The Morgan fingerprint density at radius 2 is 2.09 bits per heavy atom. The van der Waals surface area contributed by atoms with E-state index >= 15 is 0 Å². The number of anilines is 1. The molecule has 1 aliphatic rings. The minimum absolute atomic E-state index is 0.0355. The Labute approximate surface area is 206 Å². The third-order valence-electron chi connectivity index (χ3n) is 5.59. The number of nitrogens with zero attached hydrogens (tertiary/aromatic N) is 2. The van der Waals surface area contributed by atoms with Crippen molar-refractivity contribution in [3.63, 3.8) is 0 Å². The second-order valence-corrected chi connectivity index (χ2v) is 9.93. The number of carbonyl (C=O) groups is 1. The van der Waals surface area contributed by atoms with Gasteiger partial charge in [0.05, 0.1) is 17.9 Å². The fourth-order valence-corrected chi connectivity index (χ4v) is 4.66. The molecule has 0 amide bonds. The lowest BCUT2D eigenvalue weighted by Gasteiger charge is -2.15. The topological polar surface area (TPSA) is 164 Å². The first-order chi connectivity index (χ1) is 16.7. The molecular weight excluding hydrogens is 500 g/mol. The van der Waals surface area contributed by atoms with Crippen molar-refractivity contribution in [2.75, 3.05) is 12.4 Å². The molecule has 0 saturated heterocycles. The number of furan rings is 1. The molecule has 186 valence electrons. The van der Waals surface area contributed by atoms with Gasteiger partial charge in [-0.05, 0) is 36.6 Å². The van der Waals surface area contributed by atoms with Crippen molar-refractivity contribution >= 4 is 33.5 Å². The summed E-state index contributed by atoms with van der Waals surface area (Å²) >= 11 is 5.99. The molecule has 11 nitrogen and oxygen atoms in total. The fourth-order valence-electron chi connectivity index (χ4n) is 3.83. The van der Waals surface area contributed by atoms with Crippen LogP contribution in [-0.4, -0.2) is 59.7 Å². The number of aliphatic hydroxyl groups excluding tert-OH is 2. The van der Waals surface area contributed by atoms with E-state index < -0.39 is 40.4 Å². The molecule has 1 fully saturated rings. The summed E-state index contributed by atoms with van der Waals surface area (Å²) in [6.07, 6.45) is 1.17. The molecule has 1 aromatic carbocycles. The summed E-state index contributed by atoms with van der Waals surface area (Å²) in [6, 6.07) is 7.71. The largest absolute Gasteiger partial charge is 0.460 e. The van der Waals surface area contributed by atoms with Crippen LogP contribution >= 0.6 is 11.6 Å². The zero-order chi connectivity index (χ0) is 25.2. The molecule has 0 bridgehead atoms.